The highest BCUT2D eigenvalue weighted by Crippen LogP contribution is 2.27. The lowest BCUT2D eigenvalue weighted by Crippen LogP contribution is -2.34. The van der Waals surface area contributed by atoms with Gasteiger partial charge in [-0.1, -0.05) is 29.8 Å². The number of ether oxygens (including phenoxy) is 1. The van der Waals surface area contributed by atoms with Gasteiger partial charge in [-0.15, -0.1) is 0 Å². The molecule has 22 heavy (non-hydrogen) atoms. The zero-order valence-electron chi connectivity index (χ0n) is 11.9. The lowest BCUT2D eigenvalue weighted by Gasteiger charge is -2.10. The van der Waals surface area contributed by atoms with Crippen molar-refractivity contribution in [3.8, 4) is 5.75 Å². The van der Waals surface area contributed by atoms with E-state index < -0.39 is 0 Å². The van der Waals surface area contributed by atoms with E-state index in [0.29, 0.717) is 22.4 Å². The van der Waals surface area contributed by atoms with Crippen LogP contribution in [0.3, 0.4) is 0 Å². The van der Waals surface area contributed by atoms with Crippen LogP contribution in [-0.4, -0.2) is 11.0 Å². The lowest BCUT2D eigenvalue weighted by atomic mass is 10.1. The molecule has 1 amide bonds. The van der Waals surface area contributed by atoms with Crippen molar-refractivity contribution in [2.75, 3.05) is 0 Å². The molecular weight excluding hydrogens is 364 g/mol. The Morgan fingerprint density at radius 3 is 2.73 bits per heavy atom. The van der Waals surface area contributed by atoms with Gasteiger partial charge in [0.1, 0.15) is 12.4 Å². The lowest BCUT2D eigenvalue weighted by molar-refractivity contribution is 0.0977. The third kappa shape index (κ3) is 4.54. The second-order valence-electron chi connectivity index (χ2n) is 4.74. The van der Waals surface area contributed by atoms with E-state index in [2.05, 4.69) is 39.5 Å². The van der Waals surface area contributed by atoms with E-state index in [1.807, 2.05) is 25.1 Å². The van der Waals surface area contributed by atoms with Crippen LogP contribution in [0.25, 0.3) is 0 Å². The molecule has 6 heteroatoms. The Bertz CT molecular complexity index is 719. The van der Waals surface area contributed by atoms with Crippen LogP contribution in [0.4, 0.5) is 0 Å². The summed E-state index contributed by atoms with van der Waals surface area (Å²) >= 11 is 8.05. The molecule has 2 aromatic carbocycles. The maximum absolute atomic E-state index is 11.8. The van der Waals surface area contributed by atoms with Gasteiger partial charge >= 0.3 is 0 Å². The molecule has 0 radical (unpaired) electrons. The molecule has 0 heterocycles. The number of aryl methyl sites for hydroxylation is 1. The van der Waals surface area contributed by atoms with Gasteiger partial charge in [0.05, 0.1) is 4.47 Å². The summed E-state index contributed by atoms with van der Waals surface area (Å²) in [6.45, 7) is 2.49. The number of hydrogen-bond acceptors (Lipinski definition) is 3. The van der Waals surface area contributed by atoms with Crippen molar-refractivity contribution in [1.82, 2.24) is 5.32 Å². The van der Waals surface area contributed by atoms with Crippen LogP contribution in [0.2, 0.25) is 0 Å². The van der Waals surface area contributed by atoms with E-state index >= 15 is 0 Å². The Kier molecular flexibility index (Phi) is 5.51. The maximum Gasteiger partial charge on any atom is 0.257 e. The molecule has 0 fully saturated rings. The Morgan fingerprint density at radius 2 is 2.09 bits per heavy atom. The van der Waals surface area contributed by atoms with Crippen molar-refractivity contribution in [2.24, 2.45) is 5.73 Å². The first-order valence-corrected chi connectivity index (χ1v) is 7.74. The Balaban J connectivity index is 2.06. The standard InChI is InChI=1S/C16H15BrN2O2S/c1-10-3-2-4-11(7-10)9-21-14-6-5-12(8-13(14)17)15(20)19-16(18)22/h2-8H,9H2,1H3,(H3,18,19,20,22). The second-order valence-corrected chi connectivity index (χ2v) is 6.04. The van der Waals surface area contributed by atoms with Crippen molar-refractivity contribution in [3.63, 3.8) is 0 Å². The molecule has 0 saturated carbocycles. The minimum absolute atomic E-state index is 0.0547. The monoisotopic (exact) mass is 378 g/mol. The Morgan fingerprint density at radius 1 is 1.32 bits per heavy atom. The maximum atomic E-state index is 11.8. The van der Waals surface area contributed by atoms with Gasteiger partial charge in [-0.05, 0) is 58.8 Å². The summed E-state index contributed by atoms with van der Waals surface area (Å²) in [7, 11) is 0. The Hall–Kier alpha value is -1.92. The van der Waals surface area contributed by atoms with Gasteiger partial charge in [0, 0.05) is 5.56 Å². The summed E-state index contributed by atoms with van der Waals surface area (Å²) in [5, 5.41) is 2.32. The number of hydrogen-bond donors (Lipinski definition) is 2. The van der Waals surface area contributed by atoms with Crippen LogP contribution in [-0.2, 0) is 6.61 Å². The molecule has 0 unspecified atom stereocenters. The first kappa shape index (κ1) is 16.5. The van der Waals surface area contributed by atoms with Crippen LogP contribution in [0.5, 0.6) is 5.75 Å². The first-order valence-electron chi connectivity index (χ1n) is 6.54. The molecule has 114 valence electrons. The van der Waals surface area contributed by atoms with E-state index in [0.717, 1.165) is 5.56 Å². The summed E-state index contributed by atoms with van der Waals surface area (Å²) in [5.41, 5.74) is 8.00. The minimum Gasteiger partial charge on any atom is -0.488 e. The normalized spacial score (nSPS) is 10.1. The third-order valence-corrected chi connectivity index (χ3v) is 3.63. The molecule has 4 nitrogen and oxygen atoms in total. The van der Waals surface area contributed by atoms with Crippen LogP contribution in [0, 0.1) is 6.92 Å². The number of carbonyl (C=O) groups is 1. The van der Waals surface area contributed by atoms with E-state index in [1.165, 1.54) is 5.56 Å². The molecule has 0 aliphatic carbocycles. The van der Waals surface area contributed by atoms with Crippen LogP contribution in [0.1, 0.15) is 21.5 Å². The molecule has 0 bridgehead atoms. The average molecular weight is 379 g/mol. The summed E-state index contributed by atoms with van der Waals surface area (Å²) in [6.07, 6.45) is 0. The molecule has 3 N–H and O–H groups in total. The fourth-order valence-electron chi connectivity index (χ4n) is 1.91. The topological polar surface area (TPSA) is 64.3 Å². The largest absolute Gasteiger partial charge is 0.488 e. The van der Waals surface area contributed by atoms with Crippen molar-refractivity contribution in [1.29, 1.82) is 0 Å². The quantitative estimate of drug-likeness (QED) is 0.801. The number of benzene rings is 2. The fourth-order valence-corrected chi connectivity index (χ4v) is 2.49. The number of rotatable bonds is 4. The van der Waals surface area contributed by atoms with E-state index in [9.17, 15) is 4.79 Å². The zero-order chi connectivity index (χ0) is 16.1. The van der Waals surface area contributed by atoms with Gasteiger partial charge in [0.2, 0.25) is 0 Å². The molecule has 0 aromatic heterocycles. The highest BCUT2D eigenvalue weighted by atomic mass is 79.9. The highest BCUT2D eigenvalue weighted by molar-refractivity contribution is 9.10. The molecule has 0 saturated heterocycles. The van der Waals surface area contributed by atoms with Crippen molar-refractivity contribution in [2.45, 2.75) is 13.5 Å². The van der Waals surface area contributed by atoms with Crippen LogP contribution in [0.15, 0.2) is 46.9 Å². The van der Waals surface area contributed by atoms with Crippen molar-refractivity contribution >= 4 is 39.2 Å². The summed E-state index contributed by atoms with van der Waals surface area (Å²) in [4.78, 5) is 11.8. The number of halogens is 1. The van der Waals surface area contributed by atoms with E-state index in [1.54, 1.807) is 18.2 Å². The molecule has 2 aromatic rings. The molecule has 0 atom stereocenters. The minimum atomic E-state index is -0.349. The predicted molar refractivity (Wildman–Crippen MR) is 93.9 cm³/mol. The van der Waals surface area contributed by atoms with E-state index in [-0.39, 0.29) is 11.0 Å². The zero-order valence-corrected chi connectivity index (χ0v) is 14.3. The second kappa shape index (κ2) is 7.38. The fraction of sp³-hybridized carbons (Fsp3) is 0.125. The summed E-state index contributed by atoms with van der Waals surface area (Å²) in [6, 6.07) is 13.2. The number of nitrogens with two attached hydrogens (primary N) is 1. The summed E-state index contributed by atoms with van der Waals surface area (Å²) < 4.78 is 6.46. The molecule has 0 aliphatic heterocycles. The third-order valence-electron chi connectivity index (χ3n) is 2.91. The number of carbonyl (C=O) groups excluding carboxylic acids is 1. The highest BCUT2D eigenvalue weighted by Gasteiger charge is 2.10. The van der Waals surface area contributed by atoms with Gasteiger partial charge in [-0.25, -0.2) is 0 Å². The van der Waals surface area contributed by atoms with Gasteiger partial charge in [-0.3, -0.25) is 10.1 Å². The molecule has 2 rings (SSSR count). The number of amides is 1. The predicted octanol–water partition coefficient (Wildman–Crippen LogP) is 3.31. The van der Waals surface area contributed by atoms with Gasteiger partial charge in [-0.2, -0.15) is 0 Å². The van der Waals surface area contributed by atoms with E-state index in [4.69, 9.17) is 10.5 Å². The number of thiocarbonyl (C=S) groups is 1. The first-order chi connectivity index (χ1) is 10.5. The van der Waals surface area contributed by atoms with Gasteiger partial charge < -0.3 is 10.5 Å². The van der Waals surface area contributed by atoms with Crippen molar-refractivity contribution < 1.29 is 9.53 Å². The molecule has 0 aliphatic rings. The molecule has 0 spiro atoms. The van der Waals surface area contributed by atoms with Gasteiger partial charge in [0.15, 0.2) is 5.11 Å². The Labute approximate surface area is 142 Å². The summed E-state index contributed by atoms with van der Waals surface area (Å²) in [5.74, 6) is 0.312. The SMILES string of the molecule is Cc1cccc(COc2ccc(C(=O)NC(N)=S)cc2Br)c1. The average Bonchev–Trinajstić information content (AvgIpc) is 2.45. The van der Waals surface area contributed by atoms with Crippen LogP contribution < -0.4 is 15.8 Å². The molecular formula is C16H15BrN2O2S. The van der Waals surface area contributed by atoms with Crippen LogP contribution >= 0.6 is 28.1 Å². The van der Waals surface area contributed by atoms with Gasteiger partial charge in [0.25, 0.3) is 5.91 Å². The van der Waals surface area contributed by atoms with Crippen molar-refractivity contribution in [3.05, 3.63) is 63.6 Å². The smallest absolute Gasteiger partial charge is 0.257 e. The number of nitrogens with one attached hydrogen (secondary N) is 1.